The van der Waals surface area contributed by atoms with Crippen LogP contribution in [0.3, 0.4) is 0 Å². The van der Waals surface area contributed by atoms with Crippen molar-refractivity contribution in [3.8, 4) is 0 Å². The maximum absolute atomic E-state index is 12.4. The first-order valence-corrected chi connectivity index (χ1v) is 16.1. The maximum Gasteiger partial charge on any atom is 0.309 e. The fourth-order valence-electron chi connectivity index (χ4n) is 5.22. The van der Waals surface area contributed by atoms with Gasteiger partial charge in [0.25, 0.3) is 0 Å². The van der Waals surface area contributed by atoms with Crippen molar-refractivity contribution in [2.45, 2.75) is 149 Å². The Kier molecular flexibility index (Phi) is 25.2. The van der Waals surface area contributed by atoms with Crippen molar-refractivity contribution < 1.29 is 29.3 Å². The van der Waals surface area contributed by atoms with Crippen LogP contribution in [0, 0.1) is 5.41 Å². The molecule has 0 amide bonds. The molecule has 2 N–H and O–H groups in total. The van der Waals surface area contributed by atoms with Gasteiger partial charge in [0.15, 0.2) is 0 Å². The van der Waals surface area contributed by atoms with Gasteiger partial charge in [0.2, 0.25) is 0 Å². The fourth-order valence-corrected chi connectivity index (χ4v) is 5.22. The van der Waals surface area contributed by atoms with E-state index < -0.39 is 17.4 Å². The van der Waals surface area contributed by atoms with E-state index in [1.807, 2.05) is 13.8 Å². The Morgan fingerprint density at radius 1 is 0.550 bits per heavy atom. The highest BCUT2D eigenvalue weighted by Gasteiger charge is 2.36. The van der Waals surface area contributed by atoms with Crippen LogP contribution in [-0.2, 0) is 19.1 Å². The molecule has 0 rings (SSSR count). The molecule has 0 radical (unpaired) electrons. The second kappa shape index (κ2) is 26.3. The van der Waals surface area contributed by atoms with E-state index >= 15 is 0 Å². The zero-order valence-electron chi connectivity index (χ0n) is 26.1. The van der Waals surface area contributed by atoms with Gasteiger partial charge in [0.05, 0.1) is 18.6 Å². The molecule has 0 aliphatic rings. The third-order valence-corrected chi connectivity index (χ3v) is 7.58. The predicted molar refractivity (Wildman–Crippen MR) is 166 cm³/mol. The van der Waals surface area contributed by atoms with Gasteiger partial charge in [0, 0.05) is 19.6 Å². The molecule has 0 aromatic rings. The first-order chi connectivity index (χ1) is 19.2. The molecule has 0 saturated carbocycles. The molecule has 6 heteroatoms. The molecule has 0 atom stereocenters. The lowest BCUT2D eigenvalue weighted by Crippen LogP contribution is -2.31. The number of carboxylic acid groups (broad SMARTS) is 2. The fraction of sp³-hybridized carbons (Fsp3) is 0.824. The lowest BCUT2D eigenvalue weighted by molar-refractivity contribution is -0.151. The summed E-state index contributed by atoms with van der Waals surface area (Å²) in [6, 6.07) is 0. The maximum atomic E-state index is 12.4. The minimum Gasteiger partial charge on any atom is -0.481 e. The summed E-state index contributed by atoms with van der Waals surface area (Å²) < 4.78 is 11.1. The molecule has 0 spiro atoms. The van der Waals surface area contributed by atoms with Gasteiger partial charge in [-0.2, -0.15) is 0 Å². The Hall–Kier alpha value is -1.66. The van der Waals surface area contributed by atoms with E-state index in [2.05, 4.69) is 13.2 Å². The Morgan fingerprint density at radius 2 is 0.875 bits per heavy atom. The summed E-state index contributed by atoms with van der Waals surface area (Å²) in [5.41, 5.74) is 1.35. The number of unbranched alkanes of at least 4 members (excludes halogenated alkanes) is 14. The van der Waals surface area contributed by atoms with E-state index in [4.69, 9.17) is 14.6 Å². The number of carboxylic acids is 2. The minimum atomic E-state index is -0.843. The number of rotatable bonds is 31. The second-order valence-corrected chi connectivity index (χ2v) is 12.0. The van der Waals surface area contributed by atoms with Crippen molar-refractivity contribution in [1.29, 1.82) is 0 Å². The third kappa shape index (κ3) is 24.2. The summed E-state index contributed by atoms with van der Waals surface area (Å²) >= 11 is 0. The molecule has 6 nitrogen and oxygen atoms in total. The van der Waals surface area contributed by atoms with Crippen molar-refractivity contribution in [3.05, 3.63) is 24.3 Å². The lowest BCUT2D eigenvalue weighted by atomic mass is 9.74. The van der Waals surface area contributed by atoms with Crippen LogP contribution in [0.15, 0.2) is 24.3 Å². The molecule has 0 aromatic heterocycles. The molecule has 0 bridgehead atoms. The van der Waals surface area contributed by atoms with Crippen LogP contribution in [0.1, 0.15) is 149 Å². The van der Waals surface area contributed by atoms with Gasteiger partial charge in [-0.15, -0.1) is 0 Å². The molecule has 0 heterocycles. The topological polar surface area (TPSA) is 93.1 Å². The Balaban J connectivity index is 4.19. The molecule has 0 fully saturated rings. The van der Waals surface area contributed by atoms with Gasteiger partial charge in [-0.1, -0.05) is 114 Å². The third-order valence-electron chi connectivity index (χ3n) is 7.58. The van der Waals surface area contributed by atoms with Crippen LogP contribution >= 0.6 is 0 Å². The SMILES string of the molecule is C=C(C)COCCCCCCCCCCC(CCCCCCCCCCOCC(=C)C)(CCCC(=O)O)C(=O)O. The zero-order chi connectivity index (χ0) is 29.9. The molecular formula is C34H62O6. The highest BCUT2D eigenvalue weighted by Crippen LogP contribution is 2.37. The smallest absolute Gasteiger partial charge is 0.309 e. The van der Waals surface area contributed by atoms with Gasteiger partial charge in [-0.3, -0.25) is 9.59 Å². The van der Waals surface area contributed by atoms with E-state index in [0.717, 1.165) is 75.7 Å². The second-order valence-electron chi connectivity index (χ2n) is 12.0. The molecule has 0 saturated heterocycles. The van der Waals surface area contributed by atoms with Gasteiger partial charge in [-0.05, 0) is 52.4 Å². The Labute approximate surface area is 246 Å². The van der Waals surface area contributed by atoms with Crippen molar-refractivity contribution in [2.75, 3.05) is 26.4 Å². The van der Waals surface area contributed by atoms with E-state index in [1.54, 1.807) is 0 Å². The van der Waals surface area contributed by atoms with Crippen molar-refractivity contribution in [1.82, 2.24) is 0 Å². The summed E-state index contributed by atoms with van der Waals surface area (Å²) in [4.78, 5) is 23.5. The largest absolute Gasteiger partial charge is 0.481 e. The molecule has 0 unspecified atom stereocenters. The number of hydrogen-bond donors (Lipinski definition) is 2. The highest BCUT2D eigenvalue weighted by molar-refractivity contribution is 5.74. The molecule has 234 valence electrons. The summed E-state index contributed by atoms with van der Waals surface area (Å²) in [6.45, 7) is 14.6. The van der Waals surface area contributed by atoms with Crippen molar-refractivity contribution in [2.24, 2.45) is 5.41 Å². The number of carbonyl (C=O) groups is 2. The van der Waals surface area contributed by atoms with E-state index in [1.165, 1.54) is 51.4 Å². The van der Waals surface area contributed by atoms with E-state index in [0.29, 0.717) is 38.9 Å². The lowest BCUT2D eigenvalue weighted by Gasteiger charge is -2.30. The van der Waals surface area contributed by atoms with Crippen LogP contribution in [0.4, 0.5) is 0 Å². The van der Waals surface area contributed by atoms with Crippen LogP contribution in [0.2, 0.25) is 0 Å². The Bertz CT molecular complexity index is 633. The van der Waals surface area contributed by atoms with Gasteiger partial charge < -0.3 is 19.7 Å². The van der Waals surface area contributed by atoms with Crippen molar-refractivity contribution >= 4 is 11.9 Å². The van der Waals surface area contributed by atoms with Crippen molar-refractivity contribution in [3.63, 3.8) is 0 Å². The molecular weight excluding hydrogens is 504 g/mol. The summed E-state index contributed by atoms with van der Waals surface area (Å²) in [6.07, 6.45) is 20.3. The zero-order valence-corrected chi connectivity index (χ0v) is 26.1. The van der Waals surface area contributed by atoms with Gasteiger partial charge in [-0.25, -0.2) is 0 Å². The summed E-state index contributed by atoms with van der Waals surface area (Å²) in [5.74, 6) is -1.58. The van der Waals surface area contributed by atoms with Crippen LogP contribution in [-0.4, -0.2) is 48.6 Å². The molecule has 0 aliphatic carbocycles. The van der Waals surface area contributed by atoms with E-state index in [-0.39, 0.29) is 6.42 Å². The Morgan fingerprint density at radius 3 is 1.20 bits per heavy atom. The molecule has 40 heavy (non-hydrogen) atoms. The quantitative estimate of drug-likeness (QED) is 0.0641. The molecule has 0 aliphatic heterocycles. The average Bonchev–Trinajstić information content (AvgIpc) is 2.88. The van der Waals surface area contributed by atoms with Crippen LogP contribution in [0.25, 0.3) is 0 Å². The first-order valence-electron chi connectivity index (χ1n) is 16.1. The average molecular weight is 567 g/mol. The molecule has 0 aromatic carbocycles. The number of aliphatic carboxylic acids is 2. The number of hydrogen-bond acceptors (Lipinski definition) is 4. The monoisotopic (exact) mass is 566 g/mol. The minimum absolute atomic E-state index is 0.0471. The predicted octanol–water partition coefficient (Wildman–Crippen LogP) is 9.52. The van der Waals surface area contributed by atoms with Crippen LogP contribution in [0.5, 0.6) is 0 Å². The standard InChI is InChI=1S/C34H62O6/c1-30(2)28-39-26-19-15-11-7-5-9-13-17-23-34(33(37)38,25-21-22-32(35)36)24-18-14-10-6-8-12-16-20-27-40-29-31(3)4/h1,3,5-29H2,2,4H3,(H,35,36)(H,37,38). The van der Waals surface area contributed by atoms with Crippen LogP contribution < -0.4 is 0 Å². The van der Waals surface area contributed by atoms with E-state index in [9.17, 15) is 14.7 Å². The van der Waals surface area contributed by atoms with Gasteiger partial charge >= 0.3 is 11.9 Å². The first kappa shape index (κ1) is 38.3. The summed E-state index contributed by atoms with van der Waals surface area (Å²) in [5, 5.41) is 19.3. The van der Waals surface area contributed by atoms with Gasteiger partial charge in [0.1, 0.15) is 0 Å². The highest BCUT2D eigenvalue weighted by atomic mass is 16.5. The summed E-state index contributed by atoms with van der Waals surface area (Å²) in [7, 11) is 0. The number of ether oxygens (including phenoxy) is 2. The normalized spacial score (nSPS) is 11.6.